The lowest BCUT2D eigenvalue weighted by Crippen LogP contribution is -2.00. The Balaban J connectivity index is 2.00. The molecule has 0 saturated heterocycles. The maximum Gasteiger partial charge on any atom is 0.145 e. The van der Waals surface area contributed by atoms with Gasteiger partial charge in [0.2, 0.25) is 0 Å². The molecular formula is C14H17NO2S. The molecule has 0 atom stereocenters. The fourth-order valence-corrected chi connectivity index (χ4v) is 2.11. The monoisotopic (exact) mass is 263 g/mol. The van der Waals surface area contributed by atoms with Gasteiger partial charge in [-0.2, -0.15) is 0 Å². The van der Waals surface area contributed by atoms with Gasteiger partial charge in [-0.25, -0.2) is 0 Å². The van der Waals surface area contributed by atoms with Gasteiger partial charge in [0.1, 0.15) is 18.1 Å². The second-order valence-corrected chi connectivity index (χ2v) is 4.95. The van der Waals surface area contributed by atoms with Crippen LogP contribution in [0.2, 0.25) is 0 Å². The lowest BCUT2D eigenvalue weighted by Gasteiger charge is -2.10. The first-order chi connectivity index (χ1) is 8.79. The highest BCUT2D eigenvalue weighted by Gasteiger charge is 2.03. The number of benzene rings is 1. The molecule has 2 rings (SSSR count). The van der Waals surface area contributed by atoms with E-state index < -0.39 is 0 Å². The number of nitrogen functional groups attached to an aromatic ring is 1. The van der Waals surface area contributed by atoms with Gasteiger partial charge in [-0.15, -0.1) is 11.3 Å². The third-order valence-corrected chi connectivity index (χ3v) is 3.26. The predicted octanol–water partition coefficient (Wildman–Crippen LogP) is 3.70. The Kier molecular flexibility index (Phi) is 4.47. The molecule has 0 spiro atoms. The molecule has 0 unspecified atom stereocenters. The van der Waals surface area contributed by atoms with Crippen molar-refractivity contribution in [1.29, 1.82) is 0 Å². The minimum absolute atomic E-state index is 0.578. The van der Waals surface area contributed by atoms with E-state index >= 15 is 0 Å². The minimum atomic E-state index is 0.578. The van der Waals surface area contributed by atoms with Crippen LogP contribution < -0.4 is 15.2 Å². The second kappa shape index (κ2) is 6.31. The minimum Gasteiger partial charge on any atom is -0.491 e. The van der Waals surface area contributed by atoms with Crippen molar-refractivity contribution in [2.75, 3.05) is 12.3 Å². The van der Waals surface area contributed by atoms with Gasteiger partial charge in [0.25, 0.3) is 0 Å². The highest BCUT2D eigenvalue weighted by molar-refractivity contribution is 7.09. The molecule has 1 heterocycles. The van der Waals surface area contributed by atoms with Gasteiger partial charge in [-0.3, -0.25) is 0 Å². The molecule has 0 fully saturated rings. The van der Waals surface area contributed by atoms with E-state index in [2.05, 4.69) is 13.0 Å². The number of hydrogen-bond donors (Lipinski definition) is 1. The summed E-state index contributed by atoms with van der Waals surface area (Å²) in [6.45, 7) is 3.31. The molecule has 3 nitrogen and oxygen atoms in total. The van der Waals surface area contributed by atoms with Crippen LogP contribution in [0.1, 0.15) is 18.2 Å². The van der Waals surface area contributed by atoms with E-state index in [0.717, 1.165) is 12.2 Å². The van der Waals surface area contributed by atoms with Crippen molar-refractivity contribution in [2.24, 2.45) is 0 Å². The third kappa shape index (κ3) is 3.40. The van der Waals surface area contributed by atoms with Crippen LogP contribution in [0.25, 0.3) is 0 Å². The van der Waals surface area contributed by atoms with Crippen molar-refractivity contribution in [3.63, 3.8) is 0 Å². The van der Waals surface area contributed by atoms with Crippen LogP contribution in [-0.4, -0.2) is 6.61 Å². The first-order valence-electron chi connectivity index (χ1n) is 5.97. The van der Waals surface area contributed by atoms with E-state index in [0.29, 0.717) is 24.7 Å². The van der Waals surface area contributed by atoms with Crippen LogP contribution in [0.3, 0.4) is 0 Å². The van der Waals surface area contributed by atoms with E-state index in [4.69, 9.17) is 15.2 Å². The summed E-state index contributed by atoms with van der Waals surface area (Å²) in [7, 11) is 0. The molecule has 1 aromatic carbocycles. The normalized spacial score (nSPS) is 10.3. The van der Waals surface area contributed by atoms with Crippen molar-refractivity contribution in [3.05, 3.63) is 40.6 Å². The Hall–Kier alpha value is -1.68. The van der Waals surface area contributed by atoms with E-state index in [1.165, 1.54) is 4.88 Å². The molecule has 0 aliphatic carbocycles. The molecule has 18 heavy (non-hydrogen) atoms. The number of hydrogen-bond acceptors (Lipinski definition) is 4. The highest BCUT2D eigenvalue weighted by Crippen LogP contribution is 2.27. The molecular weight excluding hydrogens is 246 g/mol. The molecule has 0 saturated carbocycles. The molecule has 96 valence electrons. The summed E-state index contributed by atoms with van der Waals surface area (Å²) >= 11 is 1.68. The second-order valence-electron chi connectivity index (χ2n) is 3.92. The lowest BCUT2D eigenvalue weighted by atomic mass is 10.3. The Bertz CT molecular complexity index is 483. The zero-order chi connectivity index (χ0) is 12.8. The van der Waals surface area contributed by atoms with Gasteiger partial charge in [0.15, 0.2) is 0 Å². The number of ether oxygens (including phenoxy) is 2. The molecule has 0 bridgehead atoms. The molecule has 4 heteroatoms. The molecule has 2 N–H and O–H groups in total. The van der Waals surface area contributed by atoms with Gasteiger partial charge >= 0.3 is 0 Å². The van der Waals surface area contributed by atoms with Gasteiger partial charge in [-0.1, -0.05) is 13.0 Å². The Morgan fingerprint density at radius 1 is 1.22 bits per heavy atom. The van der Waals surface area contributed by atoms with Crippen molar-refractivity contribution < 1.29 is 9.47 Å². The van der Waals surface area contributed by atoms with Gasteiger partial charge in [0, 0.05) is 10.9 Å². The first-order valence-corrected chi connectivity index (χ1v) is 6.85. The Morgan fingerprint density at radius 3 is 2.83 bits per heavy atom. The number of nitrogens with two attached hydrogens (primary N) is 1. The largest absolute Gasteiger partial charge is 0.491 e. The fraction of sp³-hybridized carbons (Fsp3) is 0.286. The highest BCUT2D eigenvalue weighted by atomic mass is 32.1. The smallest absolute Gasteiger partial charge is 0.145 e. The molecule has 0 amide bonds. The van der Waals surface area contributed by atoms with E-state index in [-0.39, 0.29) is 0 Å². The van der Waals surface area contributed by atoms with Crippen LogP contribution >= 0.6 is 11.3 Å². The van der Waals surface area contributed by atoms with Crippen LogP contribution in [0, 0.1) is 0 Å². The SMILES string of the molecule is CCCOc1cc(OCc2cccs2)ccc1N. The summed E-state index contributed by atoms with van der Waals surface area (Å²) in [4.78, 5) is 1.20. The molecule has 2 aromatic rings. The summed E-state index contributed by atoms with van der Waals surface area (Å²) in [6.07, 6.45) is 0.958. The summed E-state index contributed by atoms with van der Waals surface area (Å²) < 4.78 is 11.3. The average Bonchev–Trinajstić information content (AvgIpc) is 2.89. The van der Waals surface area contributed by atoms with Crippen molar-refractivity contribution >= 4 is 17.0 Å². The summed E-state index contributed by atoms with van der Waals surface area (Å²) in [5.41, 5.74) is 6.49. The predicted molar refractivity (Wildman–Crippen MR) is 75.3 cm³/mol. The number of thiophene rings is 1. The first kappa shape index (κ1) is 12.8. The van der Waals surface area contributed by atoms with Crippen LogP contribution in [0.4, 0.5) is 5.69 Å². The summed E-state index contributed by atoms with van der Waals surface area (Å²) in [5.74, 6) is 1.48. The molecule has 0 aliphatic rings. The van der Waals surface area contributed by atoms with E-state index in [9.17, 15) is 0 Å². The maximum atomic E-state index is 5.84. The Morgan fingerprint density at radius 2 is 2.11 bits per heavy atom. The van der Waals surface area contributed by atoms with E-state index in [1.807, 2.05) is 29.6 Å². The third-order valence-electron chi connectivity index (χ3n) is 2.41. The standard InChI is InChI=1S/C14H17NO2S/c1-2-7-16-14-9-11(5-6-13(14)15)17-10-12-4-3-8-18-12/h3-6,8-9H,2,7,10,15H2,1H3. The van der Waals surface area contributed by atoms with Gasteiger partial charge < -0.3 is 15.2 Å². The lowest BCUT2D eigenvalue weighted by molar-refractivity contribution is 0.298. The topological polar surface area (TPSA) is 44.5 Å². The van der Waals surface area contributed by atoms with Crippen LogP contribution in [-0.2, 0) is 6.61 Å². The molecule has 0 radical (unpaired) electrons. The average molecular weight is 263 g/mol. The number of rotatable bonds is 6. The zero-order valence-electron chi connectivity index (χ0n) is 10.4. The van der Waals surface area contributed by atoms with Gasteiger partial charge in [0.05, 0.1) is 12.3 Å². The zero-order valence-corrected chi connectivity index (χ0v) is 11.2. The molecule has 0 aliphatic heterocycles. The quantitative estimate of drug-likeness (QED) is 0.808. The van der Waals surface area contributed by atoms with Crippen molar-refractivity contribution in [1.82, 2.24) is 0 Å². The van der Waals surface area contributed by atoms with Crippen LogP contribution in [0.5, 0.6) is 11.5 Å². The van der Waals surface area contributed by atoms with Gasteiger partial charge in [-0.05, 0) is 30.0 Å². The molecule has 1 aromatic heterocycles. The fourth-order valence-electron chi connectivity index (χ4n) is 1.49. The van der Waals surface area contributed by atoms with Crippen LogP contribution in [0.15, 0.2) is 35.7 Å². The maximum absolute atomic E-state index is 5.84. The van der Waals surface area contributed by atoms with Crippen molar-refractivity contribution in [3.8, 4) is 11.5 Å². The summed E-state index contributed by atoms with van der Waals surface area (Å²) in [5, 5.41) is 2.04. The summed E-state index contributed by atoms with van der Waals surface area (Å²) in [6, 6.07) is 9.59. The number of anilines is 1. The Labute approximate surface area is 111 Å². The van der Waals surface area contributed by atoms with Crippen molar-refractivity contribution in [2.45, 2.75) is 20.0 Å². The van der Waals surface area contributed by atoms with E-state index in [1.54, 1.807) is 11.3 Å².